The highest BCUT2D eigenvalue weighted by Crippen LogP contribution is 2.25. The summed E-state index contributed by atoms with van der Waals surface area (Å²) in [6, 6.07) is 20.5. The first-order valence-corrected chi connectivity index (χ1v) is 14.3. The van der Waals surface area contributed by atoms with Crippen molar-refractivity contribution in [1.82, 2.24) is 10.2 Å². The largest absolute Gasteiger partial charge is 0.354 e. The van der Waals surface area contributed by atoms with Crippen molar-refractivity contribution in [3.8, 4) is 0 Å². The maximum Gasteiger partial charge on any atom is 0.264 e. The van der Waals surface area contributed by atoms with E-state index in [0.29, 0.717) is 12.2 Å². The molecule has 3 aromatic rings. The van der Waals surface area contributed by atoms with Gasteiger partial charge in [0.05, 0.1) is 10.6 Å². The highest BCUT2D eigenvalue weighted by atomic mass is 32.2. The number of benzene rings is 3. The molecule has 2 amide bonds. The van der Waals surface area contributed by atoms with Crippen LogP contribution in [0.3, 0.4) is 0 Å². The molecule has 1 unspecified atom stereocenters. The molecule has 1 atom stereocenters. The molecule has 0 aliphatic rings. The number of amides is 2. The Balaban J connectivity index is 2.00. The summed E-state index contributed by atoms with van der Waals surface area (Å²) < 4.78 is 28.7. The molecule has 0 bridgehead atoms. The average molecular weight is 536 g/mol. The third-order valence-corrected chi connectivity index (χ3v) is 8.19. The van der Waals surface area contributed by atoms with E-state index < -0.39 is 28.5 Å². The zero-order chi connectivity index (χ0) is 27.9. The van der Waals surface area contributed by atoms with Crippen LogP contribution < -0.4 is 9.62 Å². The number of hydrogen-bond acceptors (Lipinski definition) is 4. The van der Waals surface area contributed by atoms with Crippen molar-refractivity contribution in [1.29, 1.82) is 0 Å². The number of nitrogens with one attached hydrogen (secondary N) is 1. The van der Waals surface area contributed by atoms with Crippen LogP contribution in [0, 0.1) is 20.8 Å². The van der Waals surface area contributed by atoms with Crippen molar-refractivity contribution in [3.63, 3.8) is 0 Å². The molecule has 202 valence electrons. The first-order chi connectivity index (χ1) is 18.0. The van der Waals surface area contributed by atoms with E-state index in [2.05, 4.69) is 5.32 Å². The molecule has 0 spiro atoms. The number of nitrogens with zero attached hydrogens (tertiary/aromatic N) is 2. The Morgan fingerprint density at radius 3 is 1.84 bits per heavy atom. The van der Waals surface area contributed by atoms with Crippen molar-refractivity contribution < 1.29 is 18.0 Å². The Morgan fingerprint density at radius 1 is 0.816 bits per heavy atom. The van der Waals surface area contributed by atoms with Gasteiger partial charge in [0.1, 0.15) is 12.6 Å². The minimum atomic E-state index is -4.07. The molecule has 7 nitrogen and oxygen atoms in total. The molecule has 0 saturated heterocycles. The molecule has 3 rings (SSSR count). The van der Waals surface area contributed by atoms with Crippen molar-refractivity contribution >= 4 is 27.5 Å². The Morgan fingerprint density at radius 2 is 1.32 bits per heavy atom. The summed E-state index contributed by atoms with van der Waals surface area (Å²) >= 11 is 0. The van der Waals surface area contributed by atoms with Gasteiger partial charge < -0.3 is 10.2 Å². The Bertz CT molecular complexity index is 1340. The highest BCUT2D eigenvalue weighted by molar-refractivity contribution is 7.92. The van der Waals surface area contributed by atoms with Crippen LogP contribution >= 0.6 is 0 Å². The average Bonchev–Trinajstić information content (AvgIpc) is 2.90. The molecule has 0 saturated carbocycles. The second-order valence-electron chi connectivity index (χ2n) is 9.63. The predicted molar refractivity (Wildman–Crippen MR) is 151 cm³/mol. The number of anilines is 1. The number of rotatable bonds is 11. The minimum absolute atomic E-state index is 0.0929. The van der Waals surface area contributed by atoms with Crippen LogP contribution in [0.25, 0.3) is 0 Å². The van der Waals surface area contributed by atoms with Crippen LogP contribution in [-0.4, -0.2) is 44.3 Å². The molecule has 8 heteroatoms. The van der Waals surface area contributed by atoms with Gasteiger partial charge in [0.15, 0.2) is 0 Å². The first kappa shape index (κ1) is 28.9. The van der Waals surface area contributed by atoms with Gasteiger partial charge in [-0.15, -0.1) is 0 Å². The second-order valence-corrected chi connectivity index (χ2v) is 11.5. The van der Waals surface area contributed by atoms with E-state index in [4.69, 9.17) is 0 Å². The van der Waals surface area contributed by atoms with Gasteiger partial charge in [-0.3, -0.25) is 13.9 Å². The van der Waals surface area contributed by atoms with Gasteiger partial charge in [-0.1, -0.05) is 72.1 Å². The molecule has 3 aromatic carbocycles. The summed E-state index contributed by atoms with van der Waals surface area (Å²) in [5.74, 6) is -0.753. The van der Waals surface area contributed by atoms with Gasteiger partial charge in [0, 0.05) is 13.1 Å². The standard InChI is InChI=1S/C30H37N3O4S/c1-6-19-31-30(35)25(5)32(20-26-13-7-22(2)8-14-26)29(34)21-33(27-15-9-23(3)10-16-27)38(36,37)28-17-11-24(4)12-18-28/h7-18,25H,6,19-21H2,1-5H3,(H,31,35). The smallest absolute Gasteiger partial charge is 0.264 e. The topological polar surface area (TPSA) is 86.8 Å². The fraction of sp³-hybridized carbons (Fsp3) is 0.333. The summed E-state index contributed by atoms with van der Waals surface area (Å²) in [4.78, 5) is 28.3. The first-order valence-electron chi connectivity index (χ1n) is 12.8. The number of carbonyl (C=O) groups excluding carboxylic acids is 2. The number of carbonyl (C=O) groups is 2. The van der Waals surface area contributed by atoms with E-state index >= 15 is 0 Å². The molecule has 0 aromatic heterocycles. The van der Waals surface area contributed by atoms with E-state index in [-0.39, 0.29) is 17.3 Å². The molecular weight excluding hydrogens is 498 g/mol. The zero-order valence-electron chi connectivity index (χ0n) is 22.8. The van der Waals surface area contributed by atoms with Gasteiger partial charge >= 0.3 is 0 Å². The maximum atomic E-state index is 13.9. The third kappa shape index (κ3) is 7.22. The summed E-state index contributed by atoms with van der Waals surface area (Å²) in [5, 5.41) is 2.85. The molecule has 0 aliphatic carbocycles. The molecule has 0 radical (unpaired) electrons. The van der Waals surface area contributed by atoms with Crippen LogP contribution in [0.4, 0.5) is 5.69 Å². The molecule has 38 heavy (non-hydrogen) atoms. The van der Waals surface area contributed by atoms with E-state index in [1.807, 2.05) is 64.1 Å². The molecule has 0 fully saturated rings. The Labute approximate surface area is 226 Å². The fourth-order valence-corrected chi connectivity index (χ4v) is 5.36. The third-order valence-electron chi connectivity index (χ3n) is 6.40. The Hall–Kier alpha value is -3.65. The zero-order valence-corrected chi connectivity index (χ0v) is 23.6. The van der Waals surface area contributed by atoms with Crippen LogP contribution in [-0.2, 0) is 26.2 Å². The number of sulfonamides is 1. The van der Waals surface area contributed by atoms with Crippen molar-refractivity contribution in [3.05, 3.63) is 95.1 Å². The molecular formula is C30H37N3O4S. The van der Waals surface area contributed by atoms with E-state index in [9.17, 15) is 18.0 Å². The lowest BCUT2D eigenvalue weighted by Crippen LogP contribution is -2.51. The van der Waals surface area contributed by atoms with E-state index in [1.165, 1.54) is 4.90 Å². The van der Waals surface area contributed by atoms with Gasteiger partial charge in [-0.05, 0) is 63.9 Å². The van der Waals surface area contributed by atoms with Gasteiger partial charge in [-0.2, -0.15) is 0 Å². The van der Waals surface area contributed by atoms with Crippen LogP contribution in [0.1, 0.15) is 42.5 Å². The lowest BCUT2D eigenvalue weighted by Gasteiger charge is -2.32. The van der Waals surface area contributed by atoms with Crippen LogP contribution in [0.2, 0.25) is 0 Å². The van der Waals surface area contributed by atoms with Gasteiger partial charge in [-0.25, -0.2) is 8.42 Å². The quantitative estimate of drug-likeness (QED) is 0.384. The Kier molecular flexibility index (Phi) is 9.69. The predicted octanol–water partition coefficient (Wildman–Crippen LogP) is 4.75. The summed E-state index contributed by atoms with van der Waals surface area (Å²) in [6.07, 6.45) is 0.764. The normalized spacial score (nSPS) is 12.0. The molecule has 0 aliphatic heterocycles. The van der Waals surface area contributed by atoms with Crippen molar-refractivity contribution in [2.24, 2.45) is 0 Å². The monoisotopic (exact) mass is 535 g/mol. The second kappa shape index (κ2) is 12.7. The van der Waals surface area contributed by atoms with Crippen LogP contribution in [0.15, 0.2) is 77.7 Å². The lowest BCUT2D eigenvalue weighted by molar-refractivity contribution is -0.139. The summed E-state index contributed by atoms with van der Waals surface area (Å²) in [7, 11) is -4.07. The number of hydrogen-bond donors (Lipinski definition) is 1. The lowest BCUT2D eigenvalue weighted by atomic mass is 10.1. The molecule has 1 N–H and O–H groups in total. The fourth-order valence-electron chi connectivity index (χ4n) is 3.95. The van der Waals surface area contributed by atoms with Crippen molar-refractivity contribution in [2.75, 3.05) is 17.4 Å². The SMILES string of the molecule is CCCNC(=O)C(C)N(Cc1ccc(C)cc1)C(=O)CN(c1ccc(C)cc1)S(=O)(=O)c1ccc(C)cc1. The van der Waals surface area contributed by atoms with Crippen molar-refractivity contribution in [2.45, 2.75) is 58.5 Å². The van der Waals surface area contributed by atoms with Crippen LogP contribution in [0.5, 0.6) is 0 Å². The summed E-state index contributed by atoms with van der Waals surface area (Å²) in [5.41, 5.74) is 4.20. The van der Waals surface area contributed by atoms with E-state index in [1.54, 1.807) is 43.3 Å². The summed E-state index contributed by atoms with van der Waals surface area (Å²) in [6.45, 7) is 9.61. The van der Waals surface area contributed by atoms with E-state index in [0.717, 1.165) is 33.0 Å². The number of aryl methyl sites for hydroxylation is 3. The minimum Gasteiger partial charge on any atom is -0.354 e. The van der Waals surface area contributed by atoms with Gasteiger partial charge in [0.25, 0.3) is 10.0 Å². The highest BCUT2D eigenvalue weighted by Gasteiger charge is 2.32. The maximum absolute atomic E-state index is 13.9. The van der Waals surface area contributed by atoms with Gasteiger partial charge in [0.2, 0.25) is 11.8 Å². The molecule has 0 heterocycles.